The van der Waals surface area contributed by atoms with Crippen molar-refractivity contribution < 1.29 is 9.53 Å². The van der Waals surface area contributed by atoms with Gasteiger partial charge in [-0.05, 0) is 126 Å². The van der Waals surface area contributed by atoms with E-state index in [2.05, 4.69) is 78.8 Å². The number of fused-ring (bicyclic) bond motifs is 5. The molecule has 218 valence electrons. The molecule has 6 saturated carbocycles. The van der Waals surface area contributed by atoms with Crippen molar-refractivity contribution >= 4 is 5.78 Å². The van der Waals surface area contributed by atoms with Crippen molar-refractivity contribution in [2.75, 3.05) is 6.61 Å². The van der Waals surface area contributed by atoms with Gasteiger partial charge in [0, 0.05) is 10.8 Å². The molecule has 2 heteroatoms. The molecule has 0 amide bonds. The lowest BCUT2D eigenvalue weighted by Gasteiger charge is -2.73. The largest absolute Gasteiger partial charge is 0.377 e. The van der Waals surface area contributed by atoms with E-state index in [-0.39, 0.29) is 16.2 Å². The van der Waals surface area contributed by atoms with Gasteiger partial charge in [0.15, 0.2) is 0 Å². The number of hydrogen-bond donors (Lipinski definition) is 0. The summed E-state index contributed by atoms with van der Waals surface area (Å²) in [5.41, 5.74) is 2.75. The van der Waals surface area contributed by atoms with Crippen LogP contribution in [0.1, 0.15) is 124 Å². The van der Waals surface area contributed by atoms with Gasteiger partial charge in [0.2, 0.25) is 0 Å². The number of ketones is 1. The minimum Gasteiger partial charge on any atom is -0.377 e. The van der Waals surface area contributed by atoms with E-state index < -0.39 is 0 Å². The van der Waals surface area contributed by atoms with E-state index in [0.29, 0.717) is 51.3 Å². The van der Waals surface area contributed by atoms with Gasteiger partial charge in [-0.1, -0.05) is 78.8 Å². The van der Waals surface area contributed by atoms with Gasteiger partial charge in [0.25, 0.3) is 0 Å². The first-order valence-corrected chi connectivity index (χ1v) is 17.0. The van der Waals surface area contributed by atoms with Crippen LogP contribution in [0.15, 0.2) is 30.3 Å². The summed E-state index contributed by atoms with van der Waals surface area (Å²) in [6.45, 7) is 18.9. The van der Waals surface area contributed by atoms with Crippen LogP contribution in [-0.2, 0) is 9.53 Å². The molecule has 1 spiro atoms. The fourth-order valence-electron chi connectivity index (χ4n) is 14.2. The average molecular weight is 543 g/mol. The van der Waals surface area contributed by atoms with Gasteiger partial charge < -0.3 is 4.74 Å². The van der Waals surface area contributed by atoms with Crippen molar-refractivity contribution in [3.63, 3.8) is 0 Å². The summed E-state index contributed by atoms with van der Waals surface area (Å²) in [7, 11) is 0. The molecule has 0 radical (unpaired) electrons. The first-order chi connectivity index (χ1) is 18.8. The van der Waals surface area contributed by atoms with Crippen LogP contribution in [0, 0.1) is 61.6 Å². The van der Waals surface area contributed by atoms with Crippen molar-refractivity contribution in [1.82, 2.24) is 0 Å². The van der Waals surface area contributed by atoms with Crippen LogP contribution >= 0.6 is 0 Å². The summed E-state index contributed by atoms with van der Waals surface area (Å²) in [5.74, 6) is 3.78. The van der Waals surface area contributed by atoms with Crippen LogP contribution in [-0.4, -0.2) is 18.5 Å². The Morgan fingerprint density at radius 2 is 1.50 bits per heavy atom. The molecule has 40 heavy (non-hydrogen) atoms. The second-order valence-electron chi connectivity index (χ2n) is 18.3. The number of hydrogen-bond acceptors (Lipinski definition) is 2. The Bertz CT molecular complexity index is 1250. The lowest BCUT2D eigenvalue weighted by atomic mass is 9.31. The molecule has 1 aliphatic heterocycles. The molecule has 1 aromatic carbocycles. The molecule has 1 saturated heterocycles. The van der Waals surface area contributed by atoms with Crippen LogP contribution < -0.4 is 0 Å². The molecule has 2 bridgehead atoms. The SMILES string of the molecule is CC1(C)C(=O)[C@]2(C[C@@H]2c2ccccc2)C[C@@]2(C)C1CC[C@]1(C)C2CCC2C3[C@H]4OC[C@@]3(CCC4(C)C)CC[C@]21C. The number of carbonyl (C=O) groups excluding carboxylic acids is 1. The molecule has 11 atom stereocenters. The van der Waals surface area contributed by atoms with Gasteiger partial charge in [-0.2, -0.15) is 0 Å². The normalized spacial score (nSPS) is 55.1. The molecule has 1 aromatic rings. The highest BCUT2D eigenvalue weighted by atomic mass is 16.5. The Labute approximate surface area is 243 Å². The molecule has 6 aliphatic carbocycles. The topological polar surface area (TPSA) is 26.3 Å². The second kappa shape index (κ2) is 7.67. The van der Waals surface area contributed by atoms with Crippen LogP contribution in [0.4, 0.5) is 0 Å². The third-order valence-electron chi connectivity index (χ3n) is 16.3. The summed E-state index contributed by atoms with van der Waals surface area (Å²) < 4.78 is 6.79. The zero-order valence-electron chi connectivity index (χ0n) is 26.4. The molecule has 1 heterocycles. The summed E-state index contributed by atoms with van der Waals surface area (Å²) in [5, 5.41) is 0. The molecule has 2 nitrogen and oxygen atoms in total. The Balaban J connectivity index is 1.18. The van der Waals surface area contributed by atoms with E-state index in [1.807, 2.05) is 0 Å². The molecule has 7 fully saturated rings. The predicted octanol–water partition coefficient (Wildman–Crippen LogP) is 9.23. The van der Waals surface area contributed by atoms with Gasteiger partial charge in [-0.15, -0.1) is 0 Å². The molecular formula is C38H54O2. The molecule has 4 unspecified atom stereocenters. The number of Topliss-reactive ketones (excluding diaryl/α,β-unsaturated/α-hetero) is 1. The first kappa shape index (κ1) is 26.5. The Kier molecular flexibility index (Phi) is 5.08. The fraction of sp³-hybridized carbons (Fsp3) is 0.816. The summed E-state index contributed by atoms with van der Waals surface area (Å²) in [4.78, 5) is 14.4. The van der Waals surface area contributed by atoms with Crippen molar-refractivity contribution in [1.29, 1.82) is 0 Å². The number of ether oxygens (including phenoxy) is 1. The predicted molar refractivity (Wildman–Crippen MR) is 161 cm³/mol. The summed E-state index contributed by atoms with van der Waals surface area (Å²) in [6, 6.07) is 11.0. The van der Waals surface area contributed by atoms with Crippen LogP contribution in [0.2, 0.25) is 0 Å². The van der Waals surface area contributed by atoms with Gasteiger partial charge in [-0.25, -0.2) is 0 Å². The maximum Gasteiger partial charge on any atom is 0.145 e. The summed E-state index contributed by atoms with van der Waals surface area (Å²) in [6.07, 6.45) is 13.4. The van der Waals surface area contributed by atoms with Gasteiger partial charge >= 0.3 is 0 Å². The smallest absolute Gasteiger partial charge is 0.145 e. The van der Waals surface area contributed by atoms with E-state index in [1.54, 1.807) is 0 Å². The average Bonchev–Trinajstić information content (AvgIpc) is 3.51. The van der Waals surface area contributed by atoms with Gasteiger partial charge in [0.05, 0.1) is 12.7 Å². The van der Waals surface area contributed by atoms with Crippen molar-refractivity contribution in [2.24, 2.45) is 61.6 Å². The second-order valence-corrected chi connectivity index (χ2v) is 18.3. The summed E-state index contributed by atoms with van der Waals surface area (Å²) >= 11 is 0. The minimum absolute atomic E-state index is 0.136. The maximum absolute atomic E-state index is 14.4. The maximum atomic E-state index is 14.4. The van der Waals surface area contributed by atoms with Crippen LogP contribution in [0.5, 0.6) is 0 Å². The lowest BCUT2D eigenvalue weighted by Crippen LogP contribution is -2.68. The number of benzene rings is 1. The van der Waals surface area contributed by atoms with E-state index in [0.717, 1.165) is 31.3 Å². The van der Waals surface area contributed by atoms with Gasteiger partial charge in [-0.3, -0.25) is 4.79 Å². The zero-order valence-corrected chi connectivity index (χ0v) is 26.4. The van der Waals surface area contributed by atoms with E-state index in [4.69, 9.17) is 4.74 Å². The van der Waals surface area contributed by atoms with Gasteiger partial charge in [0.1, 0.15) is 5.78 Å². The Morgan fingerprint density at radius 3 is 2.25 bits per heavy atom. The molecule has 0 N–H and O–H groups in total. The highest BCUT2D eigenvalue weighted by Crippen LogP contribution is 2.81. The standard InChI is InChI=1S/C38H54O2/c1-32(2)17-19-37-20-18-35(6)25(29(37)30(32)40-23-37)13-14-28-34(5)22-38(21-26(38)24-11-9-8-10-12-24)31(39)33(3,4)27(34)15-16-36(28,35)7/h8-12,25-30H,13-23H2,1-7H3/t25?,26-,27?,28?,29?,30-,34+,35-,36-,37-,38-/m1/s1. The minimum atomic E-state index is -0.230. The van der Waals surface area contributed by atoms with Crippen LogP contribution in [0.3, 0.4) is 0 Å². The third kappa shape index (κ3) is 2.90. The van der Waals surface area contributed by atoms with Crippen molar-refractivity contribution in [2.45, 2.75) is 125 Å². The lowest BCUT2D eigenvalue weighted by molar-refractivity contribution is -0.244. The number of rotatable bonds is 1. The first-order valence-electron chi connectivity index (χ1n) is 17.0. The number of carbonyl (C=O) groups is 1. The molecule has 8 rings (SSSR count). The monoisotopic (exact) mass is 542 g/mol. The fourth-order valence-corrected chi connectivity index (χ4v) is 14.2. The quantitative estimate of drug-likeness (QED) is 0.353. The van der Waals surface area contributed by atoms with Crippen LogP contribution in [0.25, 0.3) is 0 Å². The van der Waals surface area contributed by atoms with Crippen molar-refractivity contribution in [3.8, 4) is 0 Å². The zero-order chi connectivity index (χ0) is 28.1. The Morgan fingerprint density at radius 1 is 0.775 bits per heavy atom. The molecular weight excluding hydrogens is 488 g/mol. The molecule has 0 aromatic heterocycles. The highest BCUT2D eigenvalue weighted by molar-refractivity contribution is 5.95. The molecule has 7 aliphatic rings. The van der Waals surface area contributed by atoms with E-state index in [9.17, 15) is 4.79 Å². The highest BCUT2D eigenvalue weighted by Gasteiger charge is 2.77. The third-order valence-corrected chi connectivity index (χ3v) is 16.3. The Hall–Kier alpha value is -1.15. The van der Waals surface area contributed by atoms with E-state index in [1.165, 1.54) is 56.9 Å². The van der Waals surface area contributed by atoms with Crippen molar-refractivity contribution in [3.05, 3.63) is 35.9 Å². The van der Waals surface area contributed by atoms with E-state index >= 15 is 0 Å².